The lowest BCUT2D eigenvalue weighted by atomic mass is 9.91. The normalized spacial score (nSPS) is 14.3. The van der Waals surface area contributed by atoms with Crippen molar-refractivity contribution < 1.29 is 8.42 Å². The molecule has 7 heteroatoms. The molecule has 0 aromatic rings. The summed E-state index contributed by atoms with van der Waals surface area (Å²) < 4.78 is 22.2. The monoisotopic (exact) mass is 433 g/mol. The van der Waals surface area contributed by atoms with Gasteiger partial charge < -0.3 is 10.6 Å². The Morgan fingerprint density at radius 3 is 2.29 bits per heavy atom. The van der Waals surface area contributed by atoms with E-state index in [0.717, 1.165) is 25.3 Å². The second kappa shape index (κ2) is 10.6. The Labute approximate surface area is 147 Å². The van der Waals surface area contributed by atoms with Crippen molar-refractivity contribution in [2.75, 3.05) is 25.6 Å². The summed E-state index contributed by atoms with van der Waals surface area (Å²) >= 11 is 0. The van der Waals surface area contributed by atoms with Crippen LogP contribution in [-0.4, -0.2) is 46.0 Å². The van der Waals surface area contributed by atoms with E-state index in [2.05, 4.69) is 36.4 Å². The Morgan fingerprint density at radius 2 is 1.86 bits per heavy atom. The maximum atomic E-state index is 11.1. The number of halogens is 1. The van der Waals surface area contributed by atoms with Gasteiger partial charge in [-0.1, -0.05) is 20.8 Å². The molecule has 1 atom stereocenters. The van der Waals surface area contributed by atoms with Crippen LogP contribution in [0.2, 0.25) is 0 Å². The number of nitrogens with one attached hydrogen (secondary N) is 2. The molecule has 0 radical (unpaired) electrons. The lowest BCUT2D eigenvalue weighted by Gasteiger charge is -2.20. The van der Waals surface area contributed by atoms with Crippen molar-refractivity contribution >= 4 is 39.8 Å². The first-order valence-corrected chi connectivity index (χ1v) is 9.24. The second-order valence-corrected chi connectivity index (χ2v) is 8.89. The van der Waals surface area contributed by atoms with Crippen LogP contribution >= 0.6 is 24.0 Å². The quantitative estimate of drug-likeness (QED) is 0.280. The fourth-order valence-electron chi connectivity index (χ4n) is 1.72. The topological polar surface area (TPSA) is 70.6 Å². The molecule has 0 fully saturated rings. The molecule has 0 aliphatic carbocycles. The van der Waals surface area contributed by atoms with Gasteiger partial charge in [0.15, 0.2) is 5.96 Å². The van der Waals surface area contributed by atoms with Crippen LogP contribution in [-0.2, 0) is 9.84 Å². The van der Waals surface area contributed by atoms with Crippen LogP contribution in [0.5, 0.6) is 0 Å². The SMILES string of the molecule is CN=C(NCCCC(C)(C)C)NC(C)CCS(C)(=O)=O.I. The molecule has 2 N–H and O–H groups in total. The molecule has 0 aromatic carbocycles. The third kappa shape index (κ3) is 16.2. The van der Waals surface area contributed by atoms with Crippen LogP contribution < -0.4 is 10.6 Å². The number of sulfone groups is 1. The van der Waals surface area contributed by atoms with Gasteiger partial charge in [-0.15, -0.1) is 24.0 Å². The molecule has 0 rings (SSSR count). The highest BCUT2D eigenvalue weighted by atomic mass is 127. The van der Waals surface area contributed by atoms with Crippen molar-refractivity contribution in [2.24, 2.45) is 10.4 Å². The summed E-state index contributed by atoms with van der Waals surface area (Å²) in [6.07, 6.45) is 4.09. The Hall–Kier alpha value is -0.0500. The van der Waals surface area contributed by atoms with E-state index in [0.29, 0.717) is 11.8 Å². The molecule has 0 aliphatic heterocycles. The second-order valence-electron chi connectivity index (χ2n) is 6.63. The third-order valence-electron chi connectivity index (χ3n) is 2.92. The molecule has 128 valence electrons. The fourth-order valence-corrected chi connectivity index (χ4v) is 2.50. The minimum absolute atomic E-state index is 0. The number of nitrogens with zero attached hydrogens (tertiary/aromatic N) is 1. The number of hydrogen-bond acceptors (Lipinski definition) is 3. The highest BCUT2D eigenvalue weighted by molar-refractivity contribution is 14.0. The summed E-state index contributed by atoms with van der Waals surface area (Å²) in [6, 6.07) is 0.0820. The van der Waals surface area contributed by atoms with Crippen molar-refractivity contribution in [2.45, 2.75) is 53.0 Å². The van der Waals surface area contributed by atoms with E-state index < -0.39 is 9.84 Å². The number of guanidine groups is 1. The standard InChI is InChI=1S/C14H31N3O2S.HI/c1-12(8-11-20(6,18)19)17-13(15-5)16-10-7-9-14(2,3)4;/h12H,7-11H2,1-6H3,(H2,15,16,17);1H. The number of aliphatic imine (C=N–C) groups is 1. The van der Waals surface area contributed by atoms with Gasteiger partial charge in [-0.05, 0) is 31.6 Å². The first-order chi connectivity index (χ1) is 9.03. The highest BCUT2D eigenvalue weighted by Crippen LogP contribution is 2.19. The van der Waals surface area contributed by atoms with E-state index in [4.69, 9.17) is 0 Å². The number of rotatable bonds is 7. The van der Waals surface area contributed by atoms with Crippen molar-refractivity contribution in [3.8, 4) is 0 Å². The molecule has 0 amide bonds. The molecular formula is C14H32IN3O2S. The minimum atomic E-state index is -2.90. The largest absolute Gasteiger partial charge is 0.356 e. The Morgan fingerprint density at radius 1 is 1.29 bits per heavy atom. The van der Waals surface area contributed by atoms with E-state index in [1.54, 1.807) is 7.05 Å². The van der Waals surface area contributed by atoms with Crippen LogP contribution in [0.3, 0.4) is 0 Å². The molecule has 0 saturated carbocycles. The zero-order valence-corrected chi connectivity index (χ0v) is 17.3. The minimum Gasteiger partial charge on any atom is -0.356 e. The average Bonchev–Trinajstić information content (AvgIpc) is 2.28. The third-order valence-corrected chi connectivity index (χ3v) is 3.90. The smallest absolute Gasteiger partial charge is 0.191 e. The molecular weight excluding hydrogens is 401 g/mol. The van der Waals surface area contributed by atoms with Crippen molar-refractivity contribution in [3.05, 3.63) is 0 Å². The molecule has 0 bridgehead atoms. The summed E-state index contributed by atoms with van der Waals surface area (Å²) in [5.74, 6) is 0.933. The van der Waals surface area contributed by atoms with Gasteiger partial charge in [0.2, 0.25) is 0 Å². The van der Waals surface area contributed by atoms with Gasteiger partial charge in [0.25, 0.3) is 0 Å². The lowest BCUT2D eigenvalue weighted by molar-refractivity contribution is 0.365. The van der Waals surface area contributed by atoms with Crippen LogP contribution in [0.4, 0.5) is 0 Å². The predicted octanol–water partition coefficient (Wildman–Crippen LogP) is 2.42. The van der Waals surface area contributed by atoms with Gasteiger partial charge in [-0.3, -0.25) is 4.99 Å². The summed E-state index contributed by atoms with van der Waals surface area (Å²) in [5.41, 5.74) is 0.349. The van der Waals surface area contributed by atoms with E-state index in [-0.39, 0.29) is 35.8 Å². The van der Waals surface area contributed by atoms with Crippen LogP contribution in [0.1, 0.15) is 47.0 Å². The van der Waals surface area contributed by atoms with E-state index in [1.165, 1.54) is 6.26 Å². The van der Waals surface area contributed by atoms with Gasteiger partial charge in [0.05, 0.1) is 5.75 Å². The summed E-state index contributed by atoms with van der Waals surface area (Å²) in [6.45, 7) is 9.52. The van der Waals surface area contributed by atoms with Gasteiger partial charge in [0.1, 0.15) is 9.84 Å². The molecule has 5 nitrogen and oxygen atoms in total. The molecule has 1 unspecified atom stereocenters. The predicted molar refractivity (Wildman–Crippen MR) is 102 cm³/mol. The maximum absolute atomic E-state index is 11.1. The van der Waals surface area contributed by atoms with Gasteiger partial charge in [-0.25, -0.2) is 8.42 Å². The summed E-state index contributed by atoms with van der Waals surface area (Å²) in [4.78, 5) is 4.15. The molecule has 21 heavy (non-hydrogen) atoms. The Kier molecular flexibility index (Phi) is 11.8. The van der Waals surface area contributed by atoms with E-state index in [9.17, 15) is 8.42 Å². The van der Waals surface area contributed by atoms with Gasteiger partial charge in [-0.2, -0.15) is 0 Å². The van der Waals surface area contributed by atoms with Gasteiger partial charge >= 0.3 is 0 Å². The van der Waals surface area contributed by atoms with Crippen LogP contribution in [0.15, 0.2) is 4.99 Å². The van der Waals surface area contributed by atoms with Crippen molar-refractivity contribution in [3.63, 3.8) is 0 Å². The molecule has 0 spiro atoms. The lowest BCUT2D eigenvalue weighted by Crippen LogP contribution is -2.43. The molecule has 0 aromatic heterocycles. The van der Waals surface area contributed by atoms with Crippen LogP contribution in [0.25, 0.3) is 0 Å². The maximum Gasteiger partial charge on any atom is 0.191 e. The zero-order valence-electron chi connectivity index (χ0n) is 14.2. The highest BCUT2D eigenvalue weighted by Gasteiger charge is 2.11. The Balaban J connectivity index is 0. The molecule has 0 saturated heterocycles. The van der Waals surface area contributed by atoms with Crippen molar-refractivity contribution in [1.29, 1.82) is 0 Å². The summed E-state index contributed by atoms with van der Waals surface area (Å²) in [5, 5.41) is 6.47. The number of hydrogen-bond donors (Lipinski definition) is 2. The fraction of sp³-hybridized carbons (Fsp3) is 0.929. The van der Waals surface area contributed by atoms with Crippen molar-refractivity contribution in [1.82, 2.24) is 10.6 Å². The average molecular weight is 433 g/mol. The van der Waals surface area contributed by atoms with Crippen LogP contribution in [0, 0.1) is 5.41 Å². The summed E-state index contributed by atoms with van der Waals surface area (Å²) in [7, 11) is -1.17. The zero-order chi connectivity index (χ0) is 15.8. The molecule has 0 aliphatic rings. The Bertz CT molecular complexity index is 403. The van der Waals surface area contributed by atoms with E-state index in [1.807, 2.05) is 6.92 Å². The van der Waals surface area contributed by atoms with E-state index >= 15 is 0 Å². The van der Waals surface area contributed by atoms with Gasteiger partial charge in [0, 0.05) is 25.9 Å². The first-order valence-electron chi connectivity index (χ1n) is 7.18. The first kappa shape index (κ1) is 23.2. The molecule has 0 heterocycles.